The van der Waals surface area contributed by atoms with Gasteiger partial charge in [-0.1, -0.05) is 60.7 Å². The zero-order valence-corrected chi connectivity index (χ0v) is 29.8. The van der Waals surface area contributed by atoms with Crippen LogP contribution in [0.25, 0.3) is 0 Å². The Hall–Kier alpha value is -5.80. The number of benzene rings is 2. The molecule has 2 aromatic carbocycles. The highest BCUT2D eigenvalue weighted by molar-refractivity contribution is 5.99. The first-order chi connectivity index (χ1) is 25.9. The van der Waals surface area contributed by atoms with Gasteiger partial charge >= 0.3 is 11.9 Å². The molecule has 16 nitrogen and oxygen atoms in total. The summed E-state index contributed by atoms with van der Waals surface area (Å²) in [7, 11) is 0. The van der Waals surface area contributed by atoms with E-state index in [0.29, 0.717) is 24.0 Å². The molecule has 16 heteroatoms. The highest BCUT2D eigenvalue weighted by Gasteiger charge is 2.42. The van der Waals surface area contributed by atoms with Crippen molar-refractivity contribution in [2.45, 2.75) is 100 Å². The van der Waals surface area contributed by atoms with Crippen LogP contribution in [0.3, 0.4) is 0 Å². The number of hydrogen-bond donors (Lipinski definition) is 6. The molecule has 0 spiro atoms. The molecule has 54 heavy (non-hydrogen) atoms. The van der Waals surface area contributed by atoms with Gasteiger partial charge in [0.05, 0.1) is 0 Å². The Labute approximate surface area is 312 Å². The molecular formula is C38H46N6O10. The largest absolute Gasteiger partial charge is 0.481 e. The number of carbonyl (C=O) groups is 8. The molecule has 0 radical (unpaired) electrons. The third kappa shape index (κ3) is 10.2. The normalized spacial score (nSPS) is 25.7. The Morgan fingerprint density at radius 1 is 0.537 bits per heavy atom. The first-order valence-electron chi connectivity index (χ1n) is 18.2. The van der Waals surface area contributed by atoms with Gasteiger partial charge in [0.15, 0.2) is 0 Å². The zero-order chi connectivity index (χ0) is 38.8. The van der Waals surface area contributed by atoms with E-state index in [2.05, 4.69) is 21.3 Å². The van der Waals surface area contributed by atoms with Crippen LogP contribution in [-0.2, 0) is 51.2 Å². The maximum absolute atomic E-state index is 14.3. The van der Waals surface area contributed by atoms with Gasteiger partial charge < -0.3 is 41.3 Å². The summed E-state index contributed by atoms with van der Waals surface area (Å²) in [6.07, 6.45) is -0.275. The third-order valence-electron chi connectivity index (χ3n) is 10.0. The molecule has 0 unspecified atom stereocenters. The Bertz CT molecular complexity index is 1600. The molecule has 0 aromatic heterocycles. The van der Waals surface area contributed by atoms with Crippen molar-refractivity contribution in [2.75, 3.05) is 13.1 Å². The van der Waals surface area contributed by atoms with Crippen molar-refractivity contribution in [3.63, 3.8) is 0 Å². The molecular weight excluding hydrogens is 700 g/mol. The van der Waals surface area contributed by atoms with Crippen molar-refractivity contribution in [3.05, 3.63) is 71.8 Å². The molecule has 0 bridgehead atoms. The van der Waals surface area contributed by atoms with Crippen molar-refractivity contribution in [2.24, 2.45) is 0 Å². The van der Waals surface area contributed by atoms with Crippen LogP contribution in [0.2, 0.25) is 0 Å². The van der Waals surface area contributed by atoms with Crippen LogP contribution in [0.4, 0.5) is 0 Å². The standard InChI is InChI=1S/C38H46N6O10/c45-31(46)17-15-25-33(49)41-27(21-23-9-3-1-4-10-23)37(53)43-19-7-13-29(43)35(51)40-26(16-18-32(47)48)34(50)42-28(22-24-11-5-2-6-12-24)38(54)44-20-8-14-30(44)36(52)39-25/h1-6,9-12,25-30H,7-8,13-22H2,(H,39,52)(H,40,51)(H,41,49)(H,42,50)(H,45,46)(H,47,48)/t25-,26-,27+,28+,29-,30-/m0/s1. The predicted octanol–water partition coefficient (Wildman–Crippen LogP) is 0.136. The molecule has 3 aliphatic rings. The molecule has 2 aromatic rings. The molecule has 3 heterocycles. The number of carboxylic acid groups (broad SMARTS) is 2. The molecule has 0 aliphatic carbocycles. The molecule has 3 saturated heterocycles. The SMILES string of the molecule is O=C(O)CC[C@@H]1NC(=O)[C@@H]2CCCN2C(=O)[C@@H](Cc2ccccc2)NC(=O)[C@H](CCC(=O)O)NC(=O)[C@@H]2CCCN2C(=O)[C@@H](Cc2ccccc2)NC1=O. The summed E-state index contributed by atoms with van der Waals surface area (Å²) in [4.78, 5) is 110. The average Bonchev–Trinajstić information content (AvgIpc) is 3.85. The van der Waals surface area contributed by atoms with Crippen LogP contribution in [0.5, 0.6) is 0 Å². The van der Waals surface area contributed by atoms with Gasteiger partial charge in [-0.15, -0.1) is 0 Å². The van der Waals surface area contributed by atoms with E-state index in [-0.39, 0.29) is 51.6 Å². The second-order valence-electron chi connectivity index (χ2n) is 13.9. The van der Waals surface area contributed by atoms with Crippen molar-refractivity contribution in [1.29, 1.82) is 0 Å². The first-order valence-corrected chi connectivity index (χ1v) is 18.2. The monoisotopic (exact) mass is 746 g/mol. The topological polar surface area (TPSA) is 232 Å². The lowest BCUT2D eigenvalue weighted by Crippen LogP contribution is -2.61. The fourth-order valence-electron chi connectivity index (χ4n) is 7.26. The number of amides is 6. The van der Waals surface area contributed by atoms with E-state index in [1.165, 1.54) is 9.80 Å². The molecule has 3 aliphatic heterocycles. The number of carboxylic acids is 2. The molecule has 288 valence electrons. The van der Waals surface area contributed by atoms with Gasteiger partial charge in [0.1, 0.15) is 36.3 Å². The van der Waals surface area contributed by atoms with Crippen LogP contribution >= 0.6 is 0 Å². The summed E-state index contributed by atoms with van der Waals surface area (Å²) >= 11 is 0. The highest BCUT2D eigenvalue weighted by Crippen LogP contribution is 2.23. The summed E-state index contributed by atoms with van der Waals surface area (Å²) in [5, 5.41) is 29.7. The van der Waals surface area contributed by atoms with E-state index in [0.717, 1.165) is 0 Å². The molecule has 6 atom stereocenters. The van der Waals surface area contributed by atoms with Crippen molar-refractivity contribution >= 4 is 47.4 Å². The van der Waals surface area contributed by atoms with E-state index in [1.807, 2.05) is 0 Å². The Balaban J connectivity index is 1.54. The van der Waals surface area contributed by atoms with Gasteiger partial charge in [-0.2, -0.15) is 0 Å². The summed E-state index contributed by atoms with van der Waals surface area (Å²) in [6, 6.07) is 10.2. The molecule has 5 rings (SSSR count). The minimum atomic E-state index is -1.39. The first kappa shape index (κ1) is 39.4. The van der Waals surface area contributed by atoms with Crippen molar-refractivity contribution < 1.29 is 48.6 Å². The molecule has 3 fully saturated rings. The molecule has 6 N–H and O–H groups in total. The number of fused-ring (bicyclic) bond motifs is 2. The lowest BCUT2D eigenvalue weighted by atomic mass is 10.0. The Morgan fingerprint density at radius 3 is 1.24 bits per heavy atom. The third-order valence-corrected chi connectivity index (χ3v) is 10.0. The average molecular weight is 747 g/mol. The number of aliphatic carboxylic acids is 2. The van der Waals surface area contributed by atoms with Crippen molar-refractivity contribution in [3.8, 4) is 0 Å². The number of hydrogen-bond acceptors (Lipinski definition) is 8. The van der Waals surface area contributed by atoms with E-state index < -0.39 is 96.5 Å². The fourth-order valence-corrected chi connectivity index (χ4v) is 7.26. The number of carbonyl (C=O) groups excluding carboxylic acids is 6. The van der Waals surface area contributed by atoms with Gasteiger partial charge in [0, 0.05) is 38.8 Å². The summed E-state index contributed by atoms with van der Waals surface area (Å²) in [5.74, 6) is -6.63. The lowest BCUT2D eigenvalue weighted by molar-refractivity contribution is -0.145. The van der Waals surface area contributed by atoms with Gasteiger partial charge in [-0.3, -0.25) is 38.4 Å². The lowest BCUT2D eigenvalue weighted by Gasteiger charge is -2.33. The summed E-state index contributed by atoms with van der Waals surface area (Å²) in [6.45, 7) is 0.294. The van der Waals surface area contributed by atoms with E-state index >= 15 is 0 Å². The number of nitrogens with one attached hydrogen (secondary N) is 4. The molecule has 6 amide bonds. The minimum absolute atomic E-state index is 0.00714. The van der Waals surface area contributed by atoms with Crippen LogP contribution in [0.1, 0.15) is 62.5 Å². The second kappa shape index (κ2) is 18.3. The number of rotatable bonds is 10. The Morgan fingerprint density at radius 2 is 0.889 bits per heavy atom. The smallest absolute Gasteiger partial charge is 0.303 e. The van der Waals surface area contributed by atoms with E-state index in [1.54, 1.807) is 60.7 Å². The summed E-state index contributed by atoms with van der Waals surface area (Å²) < 4.78 is 0. The van der Waals surface area contributed by atoms with E-state index in [9.17, 15) is 48.6 Å². The van der Waals surface area contributed by atoms with Crippen molar-refractivity contribution in [1.82, 2.24) is 31.1 Å². The van der Waals surface area contributed by atoms with Crippen LogP contribution in [0.15, 0.2) is 60.7 Å². The van der Waals surface area contributed by atoms with Gasteiger partial charge in [-0.25, -0.2) is 0 Å². The molecule has 0 saturated carbocycles. The summed E-state index contributed by atoms with van der Waals surface area (Å²) in [5.41, 5.74) is 1.36. The zero-order valence-electron chi connectivity index (χ0n) is 29.8. The van der Waals surface area contributed by atoms with Crippen LogP contribution in [-0.4, -0.2) is 117 Å². The minimum Gasteiger partial charge on any atom is -0.481 e. The highest BCUT2D eigenvalue weighted by atomic mass is 16.4. The van der Waals surface area contributed by atoms with Gasteiger partial charge in [0.2, 0.25) is 35.4 Å². The fraction of sp³-hybridized carbons (Fsp3) is 0.474. The second-order valence-corrected chi connectivity index (χ2v) is 13.9. The number of nitrogens with zero attached hydrogens (tertiary/aromatic N) is 2. The maximum Gasteiger partial charge on any atom is 0.303 e. The predicted molar refractivity (Wildman–Crippen MR) is 191 cm³/mol. The Kier molecular flexibility index (Phi) is 13.4. The van der Waals surface area contributed by atoms with Gasteiger partial charge in [0.25, 0.3) is 0 Å². The van der Waals surface area contributed by atoms with E-state index in [4.69, 9.17) is 0 Å². The van der Waals surface area contributed by atoms with Gasteiger partial charge in [-0.05, 0) is 49.7 Å². The quantitative estimate of drug-likeness (QED) is 0.193. The van der Waals surface area contributed by atoms with Crippen LogP contribution < -0.4 is 21.3 Å². The maximum atomic E-state index is 14.3. The van der Waals surface area contributed by atoms with Crippen LogP contribution in [0, 0.1) is 0 Å².